The summed E-state index contributed by atoms with van der Waals surface area (Å²) in [4.78, 5) is 0. The predicted molar refractivity (Wildman–Crippen MR) is 130 cm³/mol. The normalized spacial score (nSPS) is 54.1. The van der Waals surface area contributed by atoms with E-state index in [1.807, 2.05) is 0 Å². The lowest BCUT2D eigenvalue weighted by molar-refractivity contribution is -0.401. The van der Waals surface area contributed by atoms with Gasteiger partial charge in [0.25, 0.3) is 0 Å². The lowest BCUT2D eigenvalue weighted by atomic mass is 9.95. The first kappa shape index (κ1) is 34.2. The van der Waals surface area contributed by atoms with Crippen LogP contribution in [0.3, 0.4) is 0 Å². The minimum Gasteiger partial charge on any atom is -0.394 e. The molecule has 0 saturated carbocycles. The molecule has 4 aliphatic heterocycles. The van der Waals surface area contributed by atoms with Crippen molar-refractivity contribution in [2.75, 3.05) is 13.2 Å². The molecule has 4 heterocycles. The third-order valence-electron chi connectivity index (χ3n) is 8.00. The van der Waals surface area contributed by atoms with Crippen LogP contribution in [-0.4, -0.2) is 186 Å². The largest absolute Gasteiger partial charge is 0.394 e. The fourth-order valence-corrected chi connectivity index (χ4v) is 5.37. The van der Waals surface area contributed by atoms with E-state index in [0.717, 1.165) is 0 Å². The Kier molecular flexibility index (Phi) is 11.5. The Hall–Kier alpha value is -0.720. The molecule has 0 aliphatic carbocycles. The third kappa shape index (κ3) is 6.91. The highest BCUT2D eigenvalue weighted by Gasteiger charge is 2.55. The molecule has 4 saturated heterocycles. The van der Waals surface area contributed by atoms with Crippen LogP contribution < -0.4 is 0 Å². The zero-order chi connectivity index (χ0) is 31.0. The van der Waals surface area contributed by atoms with E-state index < -0.39 is 130 Å². The first-order valence-corrected chi connectivity index (χ1v) is 13.7. The van der Waals surface area contributed by atoms with Gasteiger partial charge in [-0.3, -0.25) is 0 Å². The van der Waals surface area contributed by atoms with Crippen molar-refractivity contribution < 1.29 is 89.3 Å². The van der Waals surface area contributed by atoms with E-state index in [1.165, 1.54) is 13.8 Å². The fraction of sp³-hybridized carbons (Fsp3) is 1.00. The lowest BCUT2D eigenvalue weighted by Crippen LogP contribution is -2.67. The van der Waals surface area contributed by atoms with Crippen molar-refractivity contribution in [3.05, 3.63) is 0 Å². The maximum atomic E-state index is 11.1. The van der Waals surface area contributed by atoms with Crippen LogP contribution in [0.1, 0.15) is 20.3 Å². The van der Waals surface area contributed by atoms with Crippen LogP contribution in [0.25, 0.3) is 0 Å². The van der Waals surface area contributed by atoms with Crippen molar-refractivity contribution >= 4 is 0 Å². The van der Waals surface area contributed by atoms with Crippen LogP contribution in [0, 0.1) is 0 Å². The van der Waals surface area contributed by atoms with E-state index in [4.69, 9.17) is 33.2 Å². The van der Waals surface area contributed by atoms with E-state index >= 15 is 0 Å². The molecule has 11 N–H and O–H groups in total. The zero-order valence-electron chi connectivity index (χ0n) is 22.9. The summed E-state index contributed by atoms with van der Waals surface area (Å²) in [6, 6.07) is 0. The summed E-state index contributed by atoms with van der Waals surface area (Å²) < 4.78 is 39.6. The highest BCUT2D eigenvalue weighted by Crippen LogP contribution is 2.35. The molecule has 42 heavy (non-hydrogen) atoms. The standard InChI is InChI=1S/C24H42O18/c1-6-8(27)3-9(28)22(37-6)41-19-13(30)11(5-26)39-24(40-18-7(2)36-21(35)16(33)15(18)32)20(19)42-23-17(34)14(31)12(29)10(4-25)38-23/h6-35H,3-5H2,1-2H3/t6-,7+,8-,9-,10-,11-,12+,13-,14+,15+,16-,17-,18+,19+,20+,21-,22-,23-,24-/m1/s1. The highest BCUT2D eigenvalue weighted by atomic mass is 16.8. The Morgan fingerprint density at radius 2 is 1.07 bits per heavy atom. The molecule has 0 unspecified atom stereocenters. The van der Waals surface area contributed by atoms with Gasteiger partial charge >= 0.3 is 0 Å². The van der Waals surface area contributed by atoms with Crippen molar-refractivity contribution in [2.45, 2.75) is 137 Å². The fourth-order valence-electron chi connectivity index (χ4n) is 5.37. The lowest BCUT2D eigenvalue weighted by Gasteiger charge is -2.50. The Morgan fingerprint density at radius 3 is 1.71 bits per heavy atom. The van der Waals surface area contributed by atoms with Gasteiger partial charge in [-0.05, 0) is 13.8 Å². The molecule has 246 valence electrons. The molecule has 0 aromatic carbocycles. The monoisotopic (exact) mass is 618 g/mol. The third-order valence-corrected chi connectivity index (χ3v) is 8.00. The Labute approximate surface area is 240 Å². The van der Waals surface area contributed by atoms with Crippen molar-refractivity contribution in [2.24, 2.45) is 0 Å². The van der Waals surface area contributed by atoms with Crippen LogP contribution in [-0.2, 0) is 33.2 Å². The second kappa shape index (κ2) is 14.1. The maximum absolute atomic E-state index is 11.1. The second-order valence-corrected chi connectivity index (χ2v) is 11.0. The number of aliphatic hydroxyl groups excluding tert-OH is 11. The minimum absolute atomic E-state index is 0.157. The zero-order valence-corrected chi connectivity index (χ0v) is 22.9. The molecule has 0 spiro atoms. The van der Waals surface area contributed by atoms with Crippen LogP contribution in [0.4, 0.5) is 0 Å². The molecule has 4 aliphatic rings. The Balaban J connectivity index is 1.66. The van der Waals surface area contributed by atoms with E-state index in [2.05, 4.69) is 0 Å². The number of rotatable bonds is 8. The first-order valence-electron chi connectivity index (χ1n) is 13.7. The van der Waals surface area contributed by atoms with Crippen molar-refractivity contribution in [3.63, 3.8) is 0 Å². The van der Waals surface area contributed by atoms with Gasteiger partial charge in [0.2, 0.25) is 0 Å². The Morgan fingerprint density at radius 1 is 0.500 bits per heavy atom. The summed E-state index contributed by atoms with van der Waals surface area (Å²) in [5.74, 6) is 0. The van der Waals surface area contributed by atoms with Crippen LogP contribution >= 0.6 is 0 Å². The summed E-state index contributed by atoms with van der Waals surface area (Å²) >= 11 is 0. The van der Waals surface area contributed by atoms with Crippen LogP contribution in [0.2, 0.25) is 0 Å². The molecule has 0 aromatic rings. The van der Waals surface area contributed by atoms with Crippen molar-refractivity contribution in [3.8, 4) is 0 Å². The molecule has 18 heteroatoms. The van der Waals surface area contributed by atoms with Gasteiger partial charge in [-0.2, -0.15) is 0 Å². The predicted octanol–water partition coefficient (Wildman–Crippen LogP) is -6.66. The molecule has 4 rings (SSSR count). The van der Waals surface area contributed by atoms with Crippen molar-refractivity contribution in [1.29, 1.82) is 0 Å². The summed E-state index contributed by atoms with van der Waals surface area (Å²) in [6.45, 7) is 1.35. The average molecular weight is 619 g/mol. The molecule has 18 nitrogen and oxygen atoms in total. The first-order chi connectivity index (χ1) is 19.8. The molecule has 0 aromatic heterocycles. The molecule has 4 fully saturated rings. The average Bonchev–Trinajstić information content (AvgIpc) is 2.95. The summed E-state index contributed by atoms with van der Waals surface area (Å²) in [6.07, 6.45) is -29.4. The number of hydrogen-bond acceptors (Lipinski definition) is 18. The van der Waals surface area contributed by atoms with Gasteiger partial charge in [-0.15, -0.1) is 0 Å². The van der Waals surface area contributed by atoms with E-state index in [9.17, 15) is 56.2 Å². The van der Waals surface area contributed by atoms with Crippen LogP contribution in [0.15, 0.2) is 0 Å². The molecule has 0 radical (unpaired) electrons. The minimum atomic E-state index is -1.91. The van der Waals surface area contributed by atoms with E-state index in [0.29, 0.717) is 0 Å². The Bertz CT molecular complexity index is 852. The number of hydrogen-bond donors (Lipinski definition) is 11. The maximum Gasteiger partial charge on any atom is 0.187 e. The summed E-state index contributed by atoms with van der Waals surface area (Å²) in [7, 11) is 0. The molecule has 19 atom stereocenters. The molecule has 0 amide bonds. The van der Waals surface area contributed by atoms with Gasteiger partial charge in [0.15, 0.2) is 25.2 Å². The van der Waals surface area contributed by atoms with Gasteiger partial charge in [-0.25, -0.2) is 0 Å². The topological polar surface area (TPSA) is 287 Å². The molecule has 0 bridgehead atoms. The van der Waals surface area contributed by atoms with E-state index in [-0.39, 0.29) is 6.42 Å². The van der Waals surface area contributed by atoms with E-state index in [1.54, 1.807) is 0 Å². The summed E-state index contributed by atoms with van der Waals surface area (Å²) in [5.41, 5.74) is 0. The smallest absolute Gasteiger partial charge is 0.187 e. The van der Waals surface area contributed by atoms with Gasteiger partial charge in [0, 0.05) is 6.42 Å². The van der Waals surface area contributed by atoms with Crippen LogP contribution in [0.5, 0.6) is 0 Å². The van der Waals surface area contributed by atoms with Gasteiger partial charge < -0.3 is 89.3 Å². The second-order valence-electron chi connectivity index (χ2n) is 11.0. The summed E-state index contributed by atoms with van der Waals surface area (Å²) in [5, 5.41) is 113. The molecular formula is C24H42O18. The van der Waals surface area contributed by atoms with Crippen molar-refractivity contribution in [1.82, 2.24) is 0 Å². The van der Waals surface area contributed by atoms with Gasteiger partial charge in [0.1, 0.15) is 73.2 Å². The highest BCUT2D eigenvalue weighted by molar-refractivity contribution is 4.97. The van der Waals surface area contributed by atoms with Gasteiger partial charge in [-0.1, -0.05) is 0 Å². The number of ether oxygens (including phenoxy) is 7. The van der Waals surface area contributed by atoms with Gasteiger partial charge in [0.05, 0.1) is 31.5 Å². The molecular weight excluding hydrogens is 576 g/mol. The SMILES string of the molecule is C[C@@H]1O[C@@H](O)[C@H](O)[C@H](O)[C@H]1O[C@H]1O[C@H](CO)[C@@H](O)[C@H](O[C@H]2O[C@H](C)[C@H](O)C[C@H]2O)[C@@H]1O[C@H]1O[C@H](CO)[C@H](O)[C@H](O)[C@H]1O. The quantitative estimate of drug-likeness (QED) is 0.120. The number of aliphatic hydroxyl groups is 11.